The molecule has 0 saturated heterocycles. The van der Waals surface area contributed by atoms with Crippen LogP contribution in [0.4, 0.5) is 0 Å². The molecule has 0 bridgehead atoms. The van der Waals surface area contributed by atoms with E-state index in [1.54, 1.807) is 0 Å². The Morgan fingerprint density at radius 1 is 0.816 bits per heavy atom. The summed E-state index contributed by atoms with van der Waals surface area (Å²) < 4.78 is 6.00. The second kappa shape index (κ2) is 15.4. The lowest BCUT2D eigenvalue weighted by Crippen LogP contribution is -2.33. The van der Waals surface area contributed by atoms with Crippen LogP contribution < -0.4 is 10.1 Å². The first-order valence-electron chi connectivity index (χ1n) is 12.8. The van der Waals surface area contributed by atoms with Crippen LogP contribution in [-0.4, -0.2) is 41.3 Å². The molecule has 0 radical (unpaired) electrons. The molecule has 202 valence electrons. The minimum Gasteiger partial charge on any atom is -0.492 e. The molecule has 0 fully saturated rings. The predicted octanol–water partition coefficient (Wildman–Crippen LogP) is 6.28. The number of ether oxygens (including phenoxy) is 1. The van der Waals surface area contributed by atoms with Crippen LogP contribution in [0.2, 0.25) is 0 Å². The molecule has 0 heterocycles. The summed E-state index contributed by atoms with van der Waals surface area (Å²) in [6.45, 7) is 10.5. The molecule has 0 saturated carbocycles. The van der Waals surface area contributed by atoms with E-state index >= 15 is 0 Å². The van der Waals surface area contributed by atoms with Crippen LogP contribution in [-0.2, 0) is 15.0 Å². The highest BCUT2D eigenvalue weighted by Crippen LogP contribution is 2.27. The van der Waals surface area contributed by atoms with Gasteiger partial charge in [0.15, 0.2) is 0 Å². The summed E-state index contributed by atoms with van der Waals surface area (Å²) in [6.07, 6.45) is 2.17. The first-order chi connectivity index (χ1) is 18.1. The van der Waals surface area contributed by atoms with Gasteiger partial charge in [0.2, 0.25) is 0 Å². The summed E-state index contributed by atoms with van der Waals surface area (Å²) in [5.41, 5.74) is 4.23. The molecule has 38 heavy (non-hydrogen) atoms. The third-order valence-corrected chi connectivity index (χ3v) is 5.92. The van der Waals surface area contributed by atoms with Crippen molar-refractivity contribution in [3.05, 3.63) is 114 Å². The highest BCUT2D eigenvalue weighted by Gasteiger charge is 2.15. The smallest absolute Gasteiger partial charge is 0.328 e. The summed E-state index contributed by atoms with van der Waals surface area (Å²) in [5.74, 6) is -1.18. The monoisotopic (exact) mass is 517 g/mol. The Labute approximate surface area is 226 Å². The van der Waals surface area contributed by atoms with Crippen LogP contribution in [0, 0.1) is 0 Å². The summed E-state index contributed by atoms with van der Waals surface area (Å²) in [6, 6.07) is 30.3. The molecule has 3 aromatic rings. The van der Waals surface area contributed by atoms with E-state index in [0.29, 0.717) is 30.7 Å². The Bertz CT molecular complexity index is 1080. The molecule has 3 rings (SSSR count). The van der Waals surface area contributed by atoms with E-state index < -0.39 is 11.9 Å². The van der Waals surface area contributed by atoms with Gasteiger partial charge in [0.1, 0.15) is 12.4 Å². The fourth-order valence-corrected chi connectivity index (χ4v) is 3.84. The minimum atomic E-state index is -1.26. The third kappa shape index (κ3) is 11.4. The van der Waals surface area contributed by atoms with Gasteiger partial charge >= 0.3 is 11.9 Å². The van der Waals surface area contributed by atoms with Crippen molar-refractivity contribution in [2.75, 3.05) is 13.2 Å². The van der Waals surface area contributed by atoms with E-state index in [-0.39, 0.29) is 5.41 Å². The predicted molar refractivity (Wildman–Crippen MR) is 152 cm³/mol. The molecule has 0 aliphatic rings. The lowest BCUT2D eigenvalue weighted by molar-refractivity contribution is -0.134. The fourth-order valence-electron chi connectivity index (χ4n) is 3.84. The van der Waals surface area contributed by atoms with Crippen molar-refractivity contribution in [1.82, 2.24) is 5.32 Å². The van der Waals surface area contributed by atoms with Gasteiger partial charge in [-0.2, -0.15) is 0 Å². The number of benzene rings is 3. The number of carbonyl (C=O) groups is 2. The van der Waals surface area contributed by atoms with Gasteiger partial charge in [0.05, 0.1) is 0 Å². The molecule has 0 amide bonds. The summed E-state index contributed by atoms with van der Waals surface area (Å²) in [5, 5.41) is 19.3. The zero-order chi connectivity index (χ0) is 28.0. The van der Waals surface area contributed by atoms with E-state index in [0.717, 1.165) is 18.7 Å². The number of carboxylic acids is 2. The van der Waals surface area contributed by atoms with Gasteiger partial charge in [-0.05, 0) is 54.1 Å². The Morgan fingerprint density at radius 3 is 1.71 bits per heavy atom. The normalized spacial score (nSPS) is 12.0. The SMILES string of the molecule is CC(COc1ccc(C(C)(C)C)cc1)NCCC(c1ccccc1)c1ccccc1.O=C(O)/C=C/C(=O)O. The number of carboxylic acid groups (broad SMARTS) is 2. The van der Waals surface area contributed by atoms with Gasteiger partial charge in [-0.15, -0.1) is 0 Å². The summed E-state index contributed by atoms with van der Waals surface area (Å²) in [4.78, 5) is 19.1. The van der Waals surface area contributed by atoms with Crippen LogP contribution in [0.5, 0.6) is 5.75 Å². The first kappa shape index (κ1) is 30.3. The van der Waals surface area contributed by atoms with E-state index in [2.05, 4.69) is 118 Å². The summed E-state index contributed by atoms with van der Waals surface area (Å²) >= 11 is 0. The van der Waals surface area contributed by atoms with Crippen LogP contribution >= 0.6 is 0 Å². The number of hydrogen-bond acceptors (Lipinski definition) is 4. The quantitative estimate of drug-likeness (QED) is 0.259. The third-order valence-electron chi connectivity index (χ3n) is 5.92. The average Bonchev–Trinajstić information content (AvgIpc) is 2.90. The minimum absolute atomic E-state index is 0.168. The van der Waals surface area contributed by atoms with Crippen LogP contribution in [0.1, 0.15) is 56.7 Å². The highest BCUT2D eigenvalue weighted by molar-refractivity contribution is 5.89. The molecule has 6 nitrogen and oxygen atoms in total. The fraction of sp³-hybridized carbons (Fsp3) is 0.312. The molecule has 1 unspecified atom stereocenters. The van der Waals surface area contributed by atoms with Gasteiger partial charge in [-0.3, -0.25) is 0 Å². The molecule has 1 atom stereocenters. The first-order valence-corrected chi connectivity index (χ1v) is 12.8. The second-order valence-electron chi connectivity index (χ2n) is 10.1. The van der Waals surface area contributed by atoms with Crippen molar-refractivity contribution in [2.24, 2.45) is 0 Å². The maximum atomic E-state index is 9.55. The average molecular weight is 518 g/mol. The lowest BCUT2D eigenvalue weighted by Gasteiger charge is -2.21. The van der Waals surface area contributed by atoms with Crippen molar-refractivity contribution < 1.29 is 24.5 Å². The van der Waals surface area contributed by atoms with Gasteiger partial charge in [-0.25, -0.2) is 9.59 Å². The molecule has 0 spiro atoms. The molecule has 0 aromatic heterocycles. The van der Waals surface area contributed by atoms with Crippen molar-refractivity contribution in [3.63, 3.8) is 0 Å². The van der Waals surface area contributed by atoms with Crippen molar-refractivity contribution in [3.8, 4) is 5.75 Å². The zero-order valence-corrected chi connectivity index (χ0v) is 22.6. The maximum Gasteiger partial charge on any atom is 0.328 e. The molecule has 6 heteroatoms. The van der Waals surface area contributed by atoms with Gasteiger partial charge in [-0.1, -0.05) is 93.6 Å². The van der Waals surface area contributed by atoms with Gasteiger partial charge < -0.3 is 20.3 Å². The van der Waals surface area contributed by atoms with Crippen molar-refractivity contribution >= 4 is 11.9 Å². The molecule has 0 aliphatic carbocycles. The number of nitrogens with one attached hydrogen (secondary N) is 1. The number of rotatable bonds is 11. The van der Waals surface area contributed by atoms with Gasteiger partial charge in [0, 0.05) is 24.1 Å². The van der Waals surface area contributed by atoms with E-state index in [1.165, 1.54) is 16.7 Å². The maximum absolute atomic E-state index is 9.55. The van der Waals surface area contributed by atoms with Crippen LogP contribution in [0.25, 0.3) is 0 Å². The Balaban J connectivity index is 0.000000550. The molecular formula is C32H39NO5. The second-order valence-corrected chi connectivity index (χ2v) is 10.1. The van der Waals surface area contributed by atoms with E-state index in [1.807, 2.05) is 0 Å². The lowest BCUT2D eigenvalue weighted by atomic mass is 9.87. The molecule has 3 N–H and O–H groups in total. The van der Waals surface area contributed by atoms with Gasteiger partial charge in [0.25, 0.3) is 0 Å². The molecular weight excluding hydrogens is 478 g/mol. The number of aliphatic carboxylic acids is 2. The summed E-state index contributed by atoms with van der Waals surface area (Å²) in [7, 11) is 0. The highest BCUT2D eigenvalue weighted by atomic mass is 16.5. The Hall–Kier alpha value is -3.90. The number of hydrogen-bond donors (Lipinski definition) is 3. The zero-order valence-electron chi connectivity index (χ0n) is 22.6. The standard InChI is InChI=1S/C28H35NO.C4H4O4/c1-22(21-30-26-17-15-25(16-18-26)28(2,3)4)29-20-19-27(23-11-7-5-8-12-23)24-13-9-6-10-14-24;5-3(6)1-2-4(7)8/h5-18,22,27,29H,19-21H2,1-4H3;1-2H,(H,5,6)(H,7,8)/b;2-1+. The largest absolute Gasteiger partial charge is 0.492 e. The van der Waals surface area contributed by atoms with Crippen molar-refractivity contribution in [1.29, 1.82) is 0 Å². The van der Waals surface area contributed by atoms with Crippen LogP contribution in [0.15, 0.2) is 97.1 Å². The van der Waals surface area contributed by atoms with E-state index in [4.69, 9.17) is 14.9 Å². The molecule has 0 aliphatic heterocycles. The topological polar surface area (TPSA) is 95.9 Å². The van der Waals surface area contributed by atoms with Crippen molar-refractivity contribution in [2.45, 2.75) is 51.5 Å². The van der Waals surface area contributed by atoms with Crippen LogP contribution in [0.3, 0.4) is 0 Å². The Morgan fingerprint density at radius 2 is 1.29 bits per heavy atom. The molecule has 3 aromatic carbocycles. The Kier molecular flexibility index (Phi) is 12.3. The van der Waals surface area contributed by atoms with E-state index in [9.17, 15) is 9.59 Å².